The van der Waals surface area contributed by atoms with Crippen molar-refractivity contribution in [1.29, 1.82) is 0 Å². The van der Waals surface area contributed by atoms with Gasteiger partial charge in [-0.25, -0.2) is 9.37 Å². The first-order valence-electron chi connectivity index (χ1n) is 8.77. The Labute approximate surface area is 184 Å². The quantitative estimate of drug-likeness (QED) is 0.376. The monoisotopic (exact) mass is 460 g/mol. The fourth-order valence-electron chi connectivity index (χ4n) is 2.54. The van der Waals surface area contributed by atoms with Crippen LogP contribution in [0.1, 0.15) is 10.4 Å². The van der Waals surface area contributed by atoms with Crippen molar-refractivity contribution >= 4 is 45.7 Å². The number of hydrogen-bond donors (Lipinski definition) is 1. The van der Waals surface area contributed by atoms with E-state index >= 15 is 0 Å². The number of halogens is 2. The first-order chi connectivity index (χ1) is 14.6. The van der Waals surface area contributed by atoms with Crippen LogP contribution in [0.25, 0.3) is 11.5 Å². The number of carbonyl (C=O) groups is 1. The van der Waals surface area contributed by atoms with E-state index in [9.17, 15) is 9.18 Å². The molecule has 0 fully saturated rings. The topological polar surface area (TPSA) is 80.9 Å². The maximum atomic E-state index is 13.8. The predicted molar refractivity (Wildman–Crippen MR) is 115 cm³/mol. The summed E-state index contributed by atoms with van der Waals surface area (Å²) >= 11 is 8.30. The third-order valence-electron chi connectivity index (χ3n) is 3.95. The molecular formula is C20H14ClFN4O2S2. The molecule has 0 unspecified atom stereocenters. The normalized spacial score (nSPS) is 10.9. The Kier molecular flexibility index (Phi) is 6.41. The van der Waals surface area contributed by atoms with Gasteiger partial charge in [-0.05, 0) is 35.9 Å². The standard InChI is InChI=1S/C20H14ClFN4O2S2/c21-14-7-5-12(6-8-14)18-25-26-20(28-18)29-11-17(27)24-19-23-10-15(30-19)9-13-3-1-2-4-16(13)22/h1-8,10H,9,11H2,(H,23,24,27). The van der Waals surface area contributed by atoms with Gasteiger partial charge in [0.15, 0.2) is 5.13 Å². The van der Waals surface area contributed by atoms with Gasteiger partial charge in [0.1, 0.15) is 5.82 Å². The highest BCUT2D eigenvalue weighted by Gasteiger charge is 2.13. The highest BCUT2D eigenvalue weighted by atomic mass is 35.5. The second-order valence-electron chi connectivity index (χ2n) is 6.12. The molecule has 30 heavy (non-hydrogen) atoms. The van der Waals surface area contributed by atoms with Crippen LogP contribution < -0.4 is 5.32 Å². The number of rotatable bonds is 7. The van der Waals surface area contributed by atoms with Crippen LogP contribution in [0, 0.1) is 5.82 Å². The van der Waals surface area contributed by atoms with E-state index < -0.39 is 0 Å². The summed E-state index contributed by atoms with van der Waals surface area (Å²) in [4.78, 5) is 17.2. The highest BCUT2D eigenvalue weighted by Crippen LogP contribution is 2.25. The Morgan fingerprint density at radius 3 is 2.77 bits per heavy atom. The molecule has 6 nitrogen and oxygen atoms in total. The van der Waals surface area contributed by atoms with Crippen molar-refractivity contribution in [3.8, 4) is 11.5 Å². The fourth-order valence-corrected chi connectivity index (χ4v) is 4.08. The number of amides is 1. The van der Waals surface area contributed by atoms with Crippen LogP contribution in [0.3, 0.4) is 0 Å². The number of nitrogens with one attached hydrogen (secondary N) is 1. The molecule has 4 aromatic rings. The van der Waals surface area contributed by atoms with Gasteiger partial charge in [0.2, 0.25) is 11.8 Å². The average molecular weight is 461 g/mol. The third-order valence-corrected chi connectivity index (χ3v) is 5.93. The second kappa shape index (κ2) is 9.38. The van der Waals surface area contributed by atoms with Crippen molar-refractivity contribution in [3.05, 3.63) is 76.0 Å². The summed E-state index contributed by atoms with van der Waals surface area (Å²) in [6, 6.07) is 13.6. The lowest BCUT2D eigenvalue weighted by Gasteiger charge is -2.00. The van der Waals surface area contributed by atoms with Crippen molar-refractivity contribution in [2.24, 2.45) is 0 Å². The average Bonchev–Trinajstić information content (AvgIpc) is 3.38. The van der Waals surface area contributed by atoms with Crippen LogP contribution in [0.2, 0.25) is 5.02 Å². The molecule has 1 amide bonds. The van der Waals surface area contributed by atoms with E-state index in [1.54, 1.807) is 48.7 Å². The minimum atomic E-state index is -0.259. The number of nitrogens with zero attached hydrogens (tertiary/aromatic N) is 3. The van der Waals surface area contributed by atoms with Gasteiger partial charge in [0, 0.05) is 28.1 Å². The van der Waals surface area contributed by atoms with Gasteiger partial charge in [-0.1, -0.05) is 41.6 Å². The van der Waals surface area contributed by atoms with Crippen LogP contribution in [0.15, 0.2) is 64.4 Å². The molecule has 0 spiro atoms. The lowest BCUT2D eigenvalue weighted by molar-refractivity contribution is -0.113. The van der Waals surface area contributed by atoms with Crippen molar-refractivity contribution in [1.82, 2.24) is 15.2 Å². The number of carbonyl (C=O) groups excluding carboxylic acids is 1. The van der Waals surface area contributed by atoms with Crippen LogP contribution in [-0.2, 0) is 11.2 Å². The van der Waals surface area contributed by atoms with Gasteiger partial charge in [-0.3, -0.25) is 4.79 Å². The Bertz CT molecular complexity index is 1160. The molecule has 4 rings (SSSR count). The zero-order valence-electron chi connectivity index (χ0n) is 15.3. The summed E-state index contributed by atoms with van der Waals surface area (Å²) in [5, 5.41) is 12.0. The van der Waals surface area contributed by atoms with Crippen molar-refractivity contribution in [3.63, 3.8) is 0 Å². The minimum absolute atomic E-state index is 0.0878. The lowest BCUT2D eigenvalue weighted by Crippen LogP contribution is -2.13. The molecule has 0 radical (unpaired) electrons. The number of thioether (sulfide) groups is 1. The second-order valence-corrected chi connectivity index (χ2v) is 8.60. The van der Waals surface area contributed by atoms with Gasteiger partial charge < -0.3 is 9.73 Å². The largest absolute Gasteiger partial charge is 0.411 e. The van der Waals surface area contributed by atoms with E-state index in [-0.39, 0.29) is 22.7 Å². The first-order valence-corrected chi connectivity index (χ1v) is 10.9. The molecule has 0 atom stereocenters. The van der Waals surface area contributed by atoms with E-state index in [4.69, 9.17) is 16.0 Å². The SMILES string of the molecule is O=C(CSc1nnc(-c2ccc(Cl)cc2)o1)Nc1ncc(Cc2ccccc2F)s1. The molecular weight excluding hydrogens is 447 g/mol. The van der Waals surface area contributed by atoms with Crippen molar-refractivity contribution in [2.75, 3.05) is 11.1 Å². The van der Waals surface area contributed by atoms with Crippen molar-refractivity contribution in [2.45, 2.75) is 11.6 Å². The number of thiazole rings is 1. The molecule has 2 heterocycles. The molecule has 2 aromatic carbocycles. The molecule has 152 valence electrons. The Hall–Kier alpha value is -2.75. The number of benzene rings is 2. The van der Waals surface area contributed by atoms with Gasteiger partial charge in [0.25, 0.3) is 5.22 Å². The van der Waals surface area contributed by atoms with E-state index in [1.165, 1.54) is 17.4 Å². The van der Waals surface area contributed by atoms with Crippen LogP contribution in [-0.4, -0.2) is 26.8 Å². The maximum absolute atomic E-state index is 13.8. The Morgan fingerprint density at radius 2 is 1.97 bits per heavy atom. The van der Waals surface area contributed by atoms with Gasteiger partial charge in [0.05, 0.1) is 5.75 Å². The van der Waals surface area contributed by atoms with Crippen LogP contribution in [0.5, 0.6) is 0 Å². The summed E-state index contributed by atoms with van der Waals surface area (Å²) < 4.78 is 19.3. The van der Waals surface area contributed by atoms with Gasteiger partial charge in [-0.15, -0.1) is 21.5 Å². The van der Waals surface area contributed by atoms with Gasteiger partial charge >= 0.3 is 0 Å². The molecule has 0 aliphatic heterocycles. The summed E-state index contributed by atoms with van der Waals surface area (Å²) in [6.07, 6.45) is 2.06. The van der Waals surface area contributed by atoms with Crippen LogP contribution >= 0.6 is 34.7 Å². The third kappa shape index (κ3) is 5.24. The van der Waals surface area contributed by atoms with Gasteiger partial charge in [-0.2, -0.15) is 0 Å². The predicted octanol–water partition coefficient (Wildman–Crippen LogP) is 5.31. The molecule has 0 bridgehead atoms. The zero-order valence-corrected chi connectivity index (χ0v) is 17.7. The number of aromatic nitrogens is 3. The Balaban J connectivity index is 1.30. The molecule has 10 heteroatoms. The Morgan fingerprint density at radius 1 is 1.17 bits per heavy atom. The smallest absolute Gasteiger partial charge is 0.277 e. The number of anilines is 1. The lowest BCUT2D eigenvalue weighted by atomic mass is 10.1. The summed E-state index contributed by atoms with van der Waals surface area (Å²) in [5.41, 5.74) is 1.33. The van der Waals surface area contributed by atoms with Crippen LogP contribution in [0.4, 0.5) is 9.52 Å². The van der Waals surface area contributed by atoms with Crippen molar-refractivity contribution < 1.29 is 13.6 Å². The molecule has 2 aromatic heterocycles. The summed E-state index contributed by atoms with van der Waals surface area (Å²) in [7, 11) is 0. The van der Waals surface area contributed by atoms with E-state index in [2.05, 4.69) is 20.5 Å². The molecule has 0 saturated carbocycles. The van der Waals surface area contributed by atoms with E-state index in [1.807, 2.05) is 0 Å². The molecule has 1 N–H and O–H groups in total. The highest BCUT2D eigenvalue weighted by molar-refractivity contribution is 7.99. The van der Waals surface area contributed by atoms with E-state index in [0.717, 1.165) is 22.2 Å². The minimum Gasteiger partial charge on any atom is -0.411 e. The zero-order chi connectivity index (χ0) is 20.9. The van der Waals surface area contributed by atoms with E-state index in [0.29, 0.717) is 28.0 Å². The fraction of sp³-hybridized carbons (Fsp3) is 0.100. The molecule has 0 saturated heterocycles. The first kappa shape index (κ1) is 20.5. The number of hydrogen-bond acceptors (Lipinski definition) is 7. The summed E-state index contributed by atoms with van der Waals surface area (Å²) in [5.74, 6) is -0.0690. The molecule has 0 aliphatic carbocycles. The maximum Gasteiger partial charge on any atom is 0.277 e. The molecule has 0 aliphatic rings. The summed E-state index contributed by atoms with van der Waals surface area (Å²) in [6.45, 7) is 0.